The number of anilines is 1. The number of benzene rings is 2. The number of hydrogen-bond acceptors (Lipinski definition) is 5. The van der Waals surface area contributed by atoms with Crippen LogP contribution in [-0.2, 0) is 14.4 Å². The first-order chi connectivity index (χ1) is 13.5. The van der Waals surface area contributed by atoms with Crippen molar-refractivity contribution in [2.45, 2.75) is 19.0 Å². The van der Waals surface area contributed by atoms with Crippen molar-refractivity contribution in [3.05, 3.63) is 65.5 Å². The molecular formula is C21H16FN3O3. The molecule has 2 saturated heterocycles. The monoisotopic (exact) mass is 377 g/mol. The molecule has 140 valence electrons. The minimum atomic E-state index is -0.816. The third kappa shape index (κ3) is 2.13. The summed E-state index contributed by atoms with van der Waals surface area (Å²) in [5.41, 5.74) is 2.05. The highest BCUT2D eigenvalue weighted by molar-refractivity contribution is 6.24. The molecule has 2 aromatic rings. The molecule has 0 saturated carbocycles. The summed E-state index contributed by atoms with van der Waals surface area (Å²) in [6.45, 7) is 1.42. The molecule has 0 spiro atoms. The maximum Gasteiger partial charge on any atom is 0.240 e. The standard InChI is InChI=1S/C21H16FN3O3/c1-11(26)18-16-17(19-15-5-3-2-4-12(15)10-23-25(18)19)21(28)24(20(16)27)14-8-6-13(22)7-9-14/h2-10,16-19H,1H3/t16-,17+,18+,19-/m0/s1. The highest BCUT2D eigenvalue weighted by Gasteiger charge is 2.64. The predicted molar refractivity (Wildman–Crippen MR) is 99.0 cm³/mol. The molecule has 0 aliphatic carbocycles. The first kappa shape index (κ1) is 16.8. The number of hydrazone groups is 1. The molecule has 0 aromatic heterocycles. The second-order valence-electron chi connectivity index (χ2n) is 7.29. The number of halogens is 1. The third-order valence-electron chi connectivity index (χ3n) is 5.79. The summed E-state index contributed by atoms with van der Waals surface area (Å²) in [7, 11) is 0. The molecule has 28 heavy (non-hydrogen) atoms. The summed E-state index contributed by atoms with van der Waals surface area (Å²) in [6, 6.07) is 11.5. The van der Waals surface area contributed by atoms with Gasteiger partial charge in [-0.25, -0.2) is 9.29 Å². The quantitative estimate of drug-likeness (QED) is 0.753. The average molecular weight is 377 g/mol. The van der Waals surface area contributed by atoms with E-state index in [4.69, 9.17) is 0 Å². The van der Waals surface area contributed by atoms with Gasteiger partial charge in [0.25, 0.3) is 0 Å². The molecule has 4 atom stereocenters. The SMILES string of the molecule is CC(=O)[C@@H]1[C@H]2C(=O)N(c3ccc(F)cc3)C(=O)[C@H]2[C@@H]2c3ccccc3C=NN12. The van der Waals surface area contributed by atoms with E-state index in [0.717, 1.165) is 16.0 Å². The van der Waals surface area contributed by atoms with Crippen LogP contribution in [0.1, 0.15) is 24.1 Å². The number of imide groups is 1. The molecule has 0 unspecified atom stereocenters. The molecule has 6 nitrogen and oxygen atoms in total. The Morgan fingerprint density at radius 1 is 1.00 bits per heavy atom. The number of rotatable bonds is 2. The summed E-state index contributed by atoms with van der Waals surface area (Å²) in [4.78, 5) is 40.1. The highest BCUT2D eigenvalue weighted by atomic mass is 19.1. The van der Waals surface area contributed by atoms with E-state index < -0.39 is 35.6 Å². The number of nitrogens with zero attached hydrogens (tertiary/aromatic N) is 3. The van der Waals surface area contributed by atoms with Crippen molar-refractivity contribution in [1.29, 1.82) is 0 Å². The number of ketones is 1. The van der Waals surface area contributed by atoms with Crippen LogP contribution >= 0.6 is 0 Å². The molecule has 2 amide bonds. The molecule has 7 heteroatoms. The Hall–Kier alpha value is -3.35. The van der Waals surface area contributed by atoms with E-state index in [1.807, 2.05) is 24.3 Å². The van der Waals surface area contributed by atoms with Gasteiger partial charge >= 0.3 is 0 Å². The van der Waals surface area contributed by atoms with E-state index in [0.29, 0.717) is 5.69 Å². The van der Waals surface area contributed by atoms with Crippen LogP contribution in [0.25, 0.3) is 0 Å². The Kier molecular flexibility index (Phi) is 3.49. The summed E-state index contributed by atoms with van der Waals surface area (Å²) in [5, 5.41) is 6.02. The summed E-state index contributed by atoms with van der Waals surface area (Å²) in [6.07, 6.45) is 1.66. The van der Waals surface area contributed by atoms with Crippen LogP contribution in [-0.4, -0.2) is 34.9 Å². The van der Waals surface area contributed by atoms with Crippen molar-refractivity contribution in [3.63, 3.8) is 0 Å². The lowest BCUT2D eigenvalue weighted by atomic mass is 9.84. The molecule has 0 bridgehead atoms. The van der Waals surface area contributed by atoms with E-state index in [9.17, 15) is 18.8 Å². The Morgan fingerprint density at radius 2 is 1.68 bits per heavy atom. The van der Waals surface area contributed by atoms with Crippen molar-refractivity contribution in [2.75, 3.05) is 4.90 Å². The number of Topliss-reactive ketones (excluding diaryl/α,β-unsaturated/α-hetero) is 1. The van der Waals surface area contributed by atoms with Crippen LogP contribution in [0, 0.1) is 17.7 Å². The first-order valence-corrected chi connectivity index (χ1v) is 9.04. The molecule has 3 aliphatic heterocycles. The maximum atomic E-state index is 13.3. The Labute approximate surface area is 160 Å². The van der Waals surface area contributed by atoms with E-state index in [-0.39, 0.29) is 11.7 Å². The summed E-state index contributed by atoms with van der Waals surface area (Å²) >= 11 is 0. The zero-order chi connectivity index (χ0) is 19.6. The van der Waals surface area contributed by atoms with Crippen molar-refractivity contribution < 1.29 is 18.8 Å². The Bertz CT molecular complexity index is 1050. The zero-order valence-corrected chi connectivity index (χ0v) is 14.9. The fraction of sp³-hybridized carbons (Fsp3) is 0.238. The smallest absolute Gasteiger partial charge is 0.240 e. The molecular weight excluding hydrogens is 361 g/mol. The Morgan fingerprint density at radius 3 is 2.39 bits per heavy atom. The van der Waals surface area contributed by atoms with Crippen molar-refractivity contribution in [1.82, 2.24) is 5.01 Å². The van der Waals surface area contributed by atoms with Crippen LogP contribution < -0.4 is 4.90 Å². The minimum Gasteiger partial charge on any atom is -0.298 e. The number of hydrogen-bond donors (Lipinski definition) is 0. The molecule has 2 aromatic carbocycles. The molecule has 2 fully saturated rings. The lowest BCUT2D eigenvalue weighted by Crippen LogP contribution is -2.43. The third-order valence-corrected chi connectivity index (χ3v) is 5.79. The van der Waals surface area contributed by atoms with E-state index >= 15 is 0 Å². The van der Waals surface area contributed by atoms with Gasteiger partial charge in [-0.15, -0.1) is 0 Å². The number of fused-ring (bicyclic) bond motifs is 5. The van der Waals surface area contributed by atoms with Gasteiger partial charge in [-0.3, -0.25) is 19.4 Å². The van der Waals surface area contributed by atoms with Crippen molar-refractivity contribution >= 4 is 29.5 Å². The van der Waals surface area contributed by atoms with E-state index in [2.05, 4.69) is 5.10 Å². The van der Waals surface area contributed by atoms with Gasteiger partial charge < -0.3 is 0 Å². The van der Waals surface area contributed by atoms with Crippen molar-refractivity contribution in [3.8, 4) is 0 Å². The zero-order valence-electron chi connectivity index (χ0n) is 14.9. The van der Waals surface area contributed by atoms with Crippen LogP contribution in [0.15, 0.2) is 53.6 Å². The fourth-order valence-corrected chi connectivity index (χ4v) is 4.67. The second-order valence-corrected chi connectivity index (χ2v) is 7.29. The summed E-state index contributed by atoms with van der Waals surface area (Å²) < 4.78 is 13.3. The minimum absolute atomic E-state index is 0.212. The van der Waals surface area contributed by atoms with Gasteiger partial charge in [0.05, 0.1) is 29.8 Å². The van der Waals surface area contributed by atoms with Crippen molar-refractivity contribution in [2.24, 2.45) is 16.9 Å². The predicted octanol–water partition coefficient (Wildman–Crippen LogP) is 2.29. The molecule has 0 N–H and O–H groups in total. The Balaban J connectivity index is 1.65. The molecule has 3 aliphatic rings. The maximum absolute atomic E-state index is 13.3. The van der Waals surface area contributed by atoms with Gasteiger partial charge in [-0.1, -0.05) is 24.3 Å². The van der Waals surface area contributed by atoms with Gasteiger partial charge in [0.2, 0.25) is 11.8 Å². The number of amides is 2. The van der Waals surface area contributed by atoms with Gasteiger partial charge in [-0.2, -0.15) is 5.10 Å². The largest absolute Gasteiger partial charge is 0.298 e. The second kappa shape index (κ2) is 5.82. The van der Waals surface area contributed by atoms with Gasteiger partial charge in [0.1, 0.15) is 11.9 Å². The summed E-state index contributed by atoms with van der Waals surface area (Å²) in [5.74, 6) is -3.02. The lowest BCUT2D eigenvalue weighted by Gasteiger charge is -2.33. The lowest BCUT2D eigenvalue weighted by molar-refractivity contribution is -0.129. The van der Waals surface area contributed by atoms with Crippen LogP contribution in [0.3, 0.4) is 0 Å². The van der Waals surface area contributed by atoms with E-state index in [1.54, 1.807) is 11.2 Å². The molecule has 5 rings (SSSR count). The normalized spacial score (nSPS) is 27.6. The molecule has 3 heterocycles. The number of carbonyl (C=O) groups excluding carboxylic acids is 3. The van der Waals surface area contributed by atoms with Gasteiger partial charge in [0, 0.05) is 0 Å². The first-order valence-electron chi connectivity index (χ1n) is 9.04. The molecule has 0 radical (unpaired) electrons. The number of carbonyl (C=O) groups is 3. The fourth-order valence-electron chi connectivity index (χ4n) is 4.67. The average Bonchev–Trinajstić information content (AvgIpc) is 3.16. The van der Waals surface area contributed by atoms with Crippen LogP contribution in [0.4, 0.5) is 10.1 Å². The van der Waals surface area contributed by atoms with Crippen LogP contribution in [0.2, 0.25) is 0 Å². The van der Waals surface area contributed by atoms with Gasteiger partial charge in [-0.05, 0) is 42.3 Å². The van der Waals surface area contributed by atoms with E-state index in [1.165, 1.54) is 31.2 Å². The van der Waals surface area contributed by atoms with Crippen LogP contribution in [0.5, 0.6) is 0 Å². The highest BCUT2D eigenvalue weighted by Crippen LogP contribution is 2.52. The van der Waals surface area contributed by atoms with Gasteiger partial charge in [0.15, 0.2) is 5.78 Å². The topological polar surface area (TPSA) is 70.0 Å².